The predicted octanol–water partition coefficient (Wildman–Crippen LogP) is 3.31. The van der Waals surface area contributed by atoms with Crippen LogP contribution < -0.4 is 4.74 Å². The maximum absolute atomic E-state index is 8.66. The van der Waals surface area contributed by atoms with Crippen molar-refractivity contribution in [2.75, 3.05) is 6.61 Å². The summed E-state index contributed by atoms with van der Waals surface area (Å²) in [5.41, 5.74) is 1.39. The lowest BCUT2D eigenvalue weighted by atomic mass is 10.2. The summed E-state index contributed by atoms with van der Waals surface area (Å²) in [6, 6.07) is 7.03. The average molecular weight is 308 g/mol. The first-order valence-corrected chi connectivity index (χ1v) is 6.57. The number of hydrogen-bond donors (Lipinski definition) is 1. The minimum Gasteiger partial charge on any atom is -0.487 e. The lowest BCUT2D eigenvalue weighted by Gasteiger charge is -2.09. The van der Waals surface area contributed by atoms with Crippen molar-refractivity contribution >= 4 is 23.2 Å². The Morgan fingerprint density at radius 2 is 1.95 bits per heavy atom. The van der Waals surface area contributed by atoms with E-state index in [1.807, 2.05) is 0 Å². The van der Waals surface area contributed by atoms with Crippen LogP contribution in [0.25, 0.3) is 0 Å². The molecule has 0 aliphatic heterocycles. The molecule has 0 radical (unpaired) electrons. The van der Waals surface area contributed by atoms with E-state index in [1.54, 1.807) is 36.7 Å². The van der Waals surface area contributed by atoms with Crippen molar-refractivity contribution in [2.24, 2.45) is 0 Å². The van der Waals surface area contributed by atoms with E-state index in [1.165, 1.54) is 0 Å². The maximum Gasteiger partial charge on any atom is 0.139 e. The minimum atomic E-state index is -0.194. The van der Waals surface area contributed by atoms with Gasteiger partial charge in [-0.05, 0) is 18.2 Å². The number of ether oxygens (including phenoxy) is 1. The molecule has 0 saturated carbocycles. The number of benzene rings is 1. The second kappa shape index (κ2) is 7.16. The molecular formula is C15H11Cl2NO2. The molecule has 0 unspecified atom stereocenters. The Morgan fingerprint density at radius 1 is 1.20 bits per heavy atom. The predicted molar refractivity (Wildman–Crippen MR) is 79.0 cm³/mol. The lowest BCUT2D eigenvalue weighted by Crippen LogP contribution is -1.98. The molecule has 0 saturated heterocycles. The largest absolute Gasteiger partial charge is 0.487 e. The zero-order valence-electron chi connectivity index (χ0n) is 10.4. The van der Waals surface area contributed by atoms with Gasteiger partial charge < -0.3 is 9.84 Å². The van der Waals surface area contributed by atoms with Crippen LogP contribution in [0.2, 0.25) is 10.0 Å². The van der Waals surface area contributed by atoms with Gasteiger partial charge in [0.1, 0.15) is 19.0 Å². The zero-order valence-corrected chi connectivity index (χ0v) is 11.9. The summed E-state index contributed by atoms with van der Waals surface area (Å²) in [6.07, 6.45) is 3.17. The van der Waals surface area contributed by atoms with Gasteiger partial charge in [-0.25, -0.2) is 0 Å². The van der Waals surface area contributed by atoms with Gasteiger partial charge in [0.05, 0.1) is 6.20 Å². The van der Waals surface area contributed by atoms with Crippen molar-refractivity contribution in [1.29, 1.82) is 0 Å². The second-order valence-electron chi connectivity index (χ2n) is 3.86. The molecule has 3 nitrogen and oxygen atoms in total. The minimum absolute atomic E-state index is 0.194. The van der Waals surface area contributed by atoms with Crippen LogP contribution in [0.1, 0.15) is 11.1 Å². The number of halogens is 2. The summed E-state index contributed by atoms with van der Waals surface area (Å²) in [5, 5.41) is 9.77. The fraction of sp³-hybridized carbons (Fsp3) is 0.133. The fourth-order valence-corrected chi connectivity index (χ4v) is 2.04. The number of pyridine rings is 1. The Hall–Kier alpha value is -1.73. The highest BCUT2D eigenvalue weighted by Crippen LogP contribution is 2.25. The van der Waals surface area contributed by atoms with Gasteiger partial charge in [0.2, 0.25) is 0 Å². The Morgan fingerprint density at radius 3 is 2.65 bits per heavy atom. The lowest BCUT2D eigenvalue weighted by molar-refractivity contribution is 0.305. The van der Waals surface area contributed by atoms with Gasteiger partial charge in [0.15, 0.2) is 0 Å². The van der Waals surface area contributed by atoms with Crippen LogP contribution in [0.4, 0.5) is 0 Å². The van der Waals surface area contributed by atoms with Crippen LogP contribution >= 0.6 is 23.2 Å². The van der Waals surface area contributed by atoms with E-state index in [2.05, 4.69) is 16.8 Å². The first-order valence-electron chi connectivity index (χ1n) is 5.81. The normalized spacial score (nSPS) is 9.75. The molecule has 1 aromatic heterocycles. The van der Waals surface area contributed by atoms with Gasteiger partial charge in [-0.2, -0.15) is 0 Å². The molecule has 1 aromatic carbocycles. The van der Waals surface area contributed by atoms with Gasteiger partial charge in [0, 0.05) is 27.4 Å². The Labute approximate surface area is 127 Å². The first-order chi connectivity index (χ1) is 9.70. The molecule has 1 heterocycles. The van der Waals surface area contributed by atoms with Crippen LogP contribution in [0, 0.1) is 11.8 Å². The molecular weight excluding hydrogens is 297 g/mol. The van der Waals surface area contributed by atoms with E-state index in [0.717, 1.165) is 5.56 Å². The molecule has 0 aliphatic carbocycles. The van der Waals surface area contributed by atoms with Crippen LogP contribution in [0.5, 0.6) is 5.75 Å². The average Bonchev–Trinajstić information content (AvgIpc) is 2.45. The molecule has 0 bridgehead atoms. The Kier molecular flexibility index (Phi) is 5.25. The van der Waals surface area contributed by atoms with Crippen molar-refractivity contribution in [3.8, 4) is 17.6 Å². The smallest absolute Gasteiger partial charge is 0.139 e. The molecule has 102 valence electrons. The van der Waals surface area contributed by atoms with Crippen LogP contribution in [-0.4, -0.2) is 16.7 Å². The van der Waals surface area contributed by atoms with Gasteiger partial charge in [-0.15, -0.1) is 0 Å². The van der Waals surface area contributed by atoms with E-state index in [0.29, 0.717) is 21.4 Å². The van der Waals surface area contributed by atoms with Gasteiger partial charge in [0.25, 0.3) is 0 Å². The molecule has 2 rings (SSSR count). The van der Waals surface area contributed by atoms with E-state index in [9.17, 15) is 0 Å². The second-order valence-corrected chi connectivity index (χ2v) is 4.67. The molecule has 0 atom stereocenters. The maximum atomic E-state index is 8.66. The molecule has 0 spiro atoms. The third kappa shape index (κ3) is 3.88. The molecule has 1 N–H and O–H groups in total. The summed E-state index contributed by atoms with van der Waals surface area (Å²) < 4.78 is 5.61. The third-order valence-electron chi connectivity index (χ3n) is 2.47. The molecule has 0 aliphatic rings. The molecule has 2 aromatic rings. The van der Waals surface area contributed by atoms with Gasteiger partial charge >= 0.3 is 0 Å². The molecule has 0 amide bonds. The first kappa shape index (κ1) is 14.7. The highest BCUT2D eigenvalue weighted by Gasteiger charge is 2.06. The topological polar surface area (TPSA) is 42.4 Å². The van der Waals surface area contributed by atoms with E-state index < -0.39 is 0 Å². The summed E-state index contributed by atoms with van der Waals surface area (Å²) in [7, 11) is 0. The number of hydrogen-bond acceptors (Lipinski definition) is 3. The van der Waals surface area contributed by atoms with E-state index in [4.69, 9.17) is 33.0 Å². The van der Waals surface area contributed by atoms with E-state index >= 15 is 0 Å². The monoisotopic (exact) mass is 307 g/mol. The van der Waals surface area contributed by atoms with Crippen molar-refractivity contribution in [3.63, 3.8) is 0 Å². The van der Waals surface area contributed by atoms with Crippen molar-refractivity contribution in [1.82, 2.24) is 4.98 Å². The Balaban J connectivity index is 2.11. The summed E-state index contributed by atoms with van der Waals surface area (Å²) in [5.74, 6) is 5.87. The van der Waals surface area contributed by atoms with Crippen molar-refractivity contribution in [2.45, 2.75) is 6.61 Å². The fourth-order valence-electron chi connectivity index (χ4n) is 1.53. The Bertz CT molecular complexity index is 642. The molecule has 20 heavy (non-hydrogen) atoms. The van der Waals surface area contributed by atoms with Crippen molar-refractivity contribution in [3.05, 3.63) is 57.8 Å². The van der Waals surface area contributed by atoms with Gasteiger partial charge in [-0.1, -0.05) is 41.1 Å². The number of aliphatic hydroxyl groups is 1. The number of aromatic nitrogens is 1. The summed E-state index contributed by atoms with van der Waals surface area (Å²) in [4.78, 5) is 4.02. The van der Waals surface area contributed by atoms with E-state index in [-0.39, 0.29) is 13.2 Å². The van der Waals surface area contributed by atoms with Crippen LogP contribution in [0.15, 0.2) is 36.7 Å². The number of aliphatic hydroxyl groups excluding tert-OH is 1. The number of rotatable bonds is 3. The molecule has 0 fully saturated rings. The SMILES string of the molecule is OCC#Cc1cncc(OCc2c(Cl)cccc2Cl)c1. The van der Waals surface area contributed by atoms with Crippen molar-refractivity contribution < 1.29 is 9.84 Å². The van der Waals surface area contributed by atoms with Crippen LogP contribution in [0.3, 0.4) is 0 Å². The summed E-state index contributed by atoms with van der Waals surface area (Å²) >= 11 is 12.1. The molecule has 5 heteroatoms. The highest BCUT2D eigenvalue weighted by molar-refractivity contribution is 6.35. The summed E-state index contributed by atoms with van der Waals surface area (Å²) in [6.45, 7) is 0.0530. The zero-order chi connectivity index (χ0) is 14.4. The third-order valence-corrected chi connectivity index (χ3v) is 3.18. The van der Waals surface area contributed by atoms with Crippen LogP contribution in [-0.2, 0) is 6.61 Å². The number of nitrogens with zero attached hydrogens (tertiary/aromatic N) is 1. The quantitative estimate of drug-likeness (QED) is 0.885. The highest BCUT2D eigenvalue weighted by atomic mass is 35.5. The van der Waals surface area contributed by atoms with Gasteiger partial charge in [-0.3, -0.25) is 4.98 Å². The standard InChI is InChI=1S/C15H11Cl2NO2/c16-14-4-1-5-15(17)13(14)10-20-12-7-11(3-2-6-19)8-18-9-12/h1,4-5,7-9,19H,6,10H2.